The van der Waals surface area contributed by atoms with Crippen molar-refractivity contribution in [3.05, 3.63) is 0 Å². The summed E-state index contributed by atoms with van der Waals surface area (Å²) in [6.45, 7) is 6.45. The molecule has 0 saturated heterocycles. The average molecular weight is 238 g/mol. The summed E-state index contributed by atoms with van der Waals surface area (Å²) in [5, 5.41) is 8.63. The van der Waals surface area contributed by atoms with Gasteiger partial charge in [0.2, 0.25) is 0 Å². The van der Waals surface area contributed by atoms with Gasteiger partial charge in [0, 0.05) is 25.7 Å². The second kappa shape index (κ2) is 7.16. The van der Waals surface area contributed by atoms with Crippen molar-refractivity contribution < 1.29 is 13.5 Å². The van der Waals surface area contributed by atoms with Gasteiger partial charge in [-0.15, -0.1) is 0 Å². The fourth-order valence-electron chi connectivity index (χ4n) is 1.35. The topological polar surface area (TPSA) is 69.6 Å². The van der Waals surface area contributed by atoms with Crippen molar-refractivity contribution in [2.24, 2.45) is 0 Å². The summed E-state index contributed by atoms with van der Waals surface area (Å²) in [5.41, 5.74) is 0. The van der Waals surface area contributed by atoms with Crippen molar-refractivity contribution in [1.29, 1.82) is 0 Å². The zero-order valence-corrected chi connectivity index (χ0v) is 10.5. The van der Waals surface area contributed by atoms with Crippen molar-refractivity contribution in [2.75, 3.05) is 19.7 Å². The van der Waals surface area contributed by atoms with Gasteiger partial charge in [-0.3, -0.25) is 0 Å². The van der Waals surface area contributed by atoms with Crippen molar-refractivity contribution in [3.63, 3.8) is 0 Å². The minimum absolute atomic E-state index is 0.0946. The quantitative estimate of drug-likeness (QED) is 0.640. The summed E-state index contributed by atoms with van der Waals surface area (Å²) in [7, 11) is -3.35. The normalized spacial score (nSPS) is 14.5. The molecule has 0 fully saturated rings. The lowest BCUT2D eigenvalue weighted by molar-refractivity contribution is 0.278. The van der Waals surface area contributed by atoms with E-state index in [4.69, 9.17) is 5.11 Å². The van der Waals surface area contributed by atoms with E-state index in [9.17, 15) is 8.42 Å². The third kappa shape index (κ3) is 5.46. The largest absolute Gasteiger partial charge is 0.396 e. The fraction of sp³-hybridized carbons (Fsp3) is 1.00. The van der Waals surface area contributed by atoms with Crippen molar-refractivity contribution in [3.8, 4) is 0 Å². The number of rotatable bonds is 8. The molecule has 0 bridgehead atoms. The molecule has 0 aliphatic rings. The van der Waals surface area contributed by atoms with E-state index in [1.54, 1.807) is 20.8 Å². The monoisotopic (exact) mass is 238 g/mol. The van der Waals surface area contributed by atoms with E-state index < -0.39 is 10.2 Å². The van der Waals surface area contributed by atoms with Crippen LogP contribution in [0.4, 0.5) is 0 Å². The second-order valence-electron chi connectivity index (χ2n) is 3.47. The number of aliphatic hydroxyl groups excluding tert-OH is 1. The zero-order chi connectivity index (χ0) is 11.9. The van der Waals surface area contributed by atoms with E-state index in [1.807, 2.05) is 0 Å². The number of aliphatic hydroxyl groups is 1. The summed E-state index contributed by atoms with van der Waals surface area (Å²) in [4.78, 5) is 0. The Bertz CT molecular complexity index is 250. The summed E-state index contributed by atoms with van der Waals surface area (Å²) in [5.74, 6) is 0. The van der Waals surface area contributed by atoms with E-state index in [0.717, 1.165) is 0 Å². The first-order valence-corrected chi connectivity index (χ1v) is 6.80. The van der Waals surface area contributed by atoms with Gasteiger partial charge in [-0.2, -0.15) is 17.4 Å². The van der Waals surface area contributed by atoms with Crippen LogP contribution in [0.5, 0.6) is 0 Å². The predicted molar refractivity (Wildman–Crippen MR) is 60.8 cm³/mol. The van der Waals surface area contributed by atoms with Gasteiger partial charge in [0.05, 0.1) is 0 Å². The van der Waals surface area contributed by atoms with E-state index >= 15 is 0 Å². The van der Waals surface area contributed by atoms with E-state index in [0.29, 0.717) is 25.9 Å². The van der Waals surface area contributed by atoms with Gasteiger partial charge in [0.25, 0.3) is 10.2 Å². The third-order valence-electron chi connectivity index (χ3n) is 2.19. The van der Waals surface area contributed by atoms with E-state index in [1.165, 1.54) is 4.31 Å². The van der Waals surface area contributed by atoms with Gasteiger partial charge in [-0.1, -0.05) is 13.8 Å². The van der Waals surface area contributed by atoms with Crippen molar-refractivity contribution in [2.45, 2.75) is 39.7 Å². The highest BCUT2D eigenvalue weighted by Crippen LogP contribution is 2.02. The van der Waals surface area contributed by atoms with Crippen LogP contribution in [0.1, 0.15) is 33.6 Å². The molecule has 92 valence electrons. The van der Waals surface area contributed by atoms with Crippen LogP contribution >= 0.6 is 0 Å². The molecule has 0 aromatic rings. The lowest BCUT2D eigenvalue weighted by Gasteiger charge is -2.21. The van der Waals surface area contributed by atoms with Gasteiger partial charge in [-0.05, 0) is 19.8 Å². The molecule has 0 aliphatic carbocycles. The molecule has 0 saturated carbocycles. The average Bonchev–Trinajstić information content (AvgIpc) is 2.15. The summed E-state index contributed by atoms with van der Waals surface area (Å²) >= 11 is 0. The SMILES string of the molecule is CCN(CC)S(=O)(=O)NC(C)CCCO. The van der Waals surface area contributed by atoms with Crippen LogP contribution in [-0.2, 0) is 10.2 Å². The van der Waals surface area contributed by atoms with Crippen LogP contribution in [0.3, 0.4) is 0 Å². The molecule has 5 nitrogen and oxygen atoms in total. The van der Waals surface area contributed by atoms with E-state index in [-0.39, 0.29) is 12.6 Å². The highest BCUT2D eigenvalue weighted by Gasteiger charge is 2.20. The minimum Gasteiger partial charge on any atom is -0.396 e. The second-order valence-corrected chi connectivity index (χ2v) is 5.18. The summed E-state index contributed by atoms with van der Waals surface area (Å²) in [6, 6.07) is -0.136. The Hall–Kier alpha value is -0.170. The number of nitrogens with zero attached hydrogens (tertiary/aromatic N) is 1. The standard InChI is InChI=1S/C9H22N2O3S/c1-4-11(5-2)15(13,14)10-9(3)7-6-8-12/h9-10,12H,4-8H2,1-3H3. The molecule has 0 rings (SSSR count). The lowest BCUT2D eigenvalue weighted by atomic mass is 10.2. The maximum absolute atomic E-state index is 11.7. The Kier molecular flexibility index (Phi) is 7.08. The van der Waals surface area contributed by atoms with Crippen LogP contribution in [0.15, 0.2) is 0 Å². The first-order valence-electron chi connectivity index (χ1n) is 5.36. The Labute approximate surface area is 92.7 Å². The predicted octanol–water partition coefficient (Wildman–Crippen LogP) is 0.324. The molecular formula is C9H22N2O3S. The number of hydrogen-bond donors (Lipinski definition) is 2. The third-order valence-corrected chi connectivity index (χ3v) is 4.09. The highest BCUT2D eigenvalue weighted by atomic mass is 32.2. The molecule has 1 unspecified atom stereocenters. The van der Waals surface area contributed by atoms with Crippen LogP contribution < -0.4 is 4.72 Å². The van der Waals surface area contributed by atoms with Gasteiger partial charge >= 0.3 is 0 Å². The Morgan fingerprint density at radius 3 is 2.27 bits per heavy atom. The molecule has 15 heavy (non-hydrogen) atoms. The number of hydrogen-bond acceptors (Lipinski definition) is 3. The maximum atomic E-state index is 11.7. The molecule has 0 aromatic carbocycles. The van der Waals surface area contributed by atoms with Crippen molar-refractivity contribution in [1.82, 2.24) is 9.03 Å². The fourth-order valence-corrected chi connectivity index (χ4v) is 2.80. The summed E-state index contributed by atoms with van der Waals surface area (Å²) in [6.07, 6.45) is 1.26. The Balaban J connectivity index is 4.24. The van der Waals surface area contributed by atoms with Gasteiger partial charge in [0.15, 0.2) is 0 Å². The van der Waals surface area contributed by atoms with Crippen LogP contribution in [0, 0.1) is 0 Å². The molecule has 6 heteroatoms. The molecule has 0 heterocycles. The first-order chi connectivity index (χ1) is 6.97. The molecule has 1 atom stereocenters. The van der Waals surface area contributed by atoms with Crippen LogP contribution in [-0.4, -0.2) is 43.6 Å². The Morgan fingerprint density at radius 2 is 1.87 bits per heavy atom. The molecule has 0 radical (unpaired) electrons. The first kappa shape index (κ1) is 14.8. The smallest absolute Gasteiger partial charge is 0.279 e. The van der Waals surface area contributed by atoms with Gasteiger partial charge in [-0.25, -0.2) is 0 Å². The van der Waals surface area contributed by atoms with Gasteiger partial charge in [0.1, 0.15) is 0 Å². The highest BCUT2D eigenvalue weighted by molar-refractivity contribution is 7.87. The lowest BCUT2D eigenvalue weighted by Crippen LogP contribution is -2.44. The zero-order valence-electron chi connectivity index (χ0n) is 9.73. The van der Waals surface area contributed by atoms with Crippen molar-refractivity contribution >= 4 is 10.2 Å². The molecular weight excluding hydrogens is 216 g/mol. The van der Waals surface area contributed by atoms with E-state index in [2.05, 4.69) is 4.72 Å². The minimum atomic E-state index is -3.35. The molecule has 2 N–H and O–H groups in total. The summed E-state index contributed by atoms with van der Waals surface area (Å²) < 4.78 is 27.4. The molecule has 0 amide bonds. The van der Waals surface area contributed by atoms with Crippen LogP contribution in [0.2, 0.25) is 0 Å². The molecule has 0 aromatic heterocycles. The Morgan fingerprint density at radius 1 is 1.33 bits per heavy atom. The van der Waals surface area contributed by atoms with Crippen LogP contribution in [0.25, 0.3) is 0 Å². The molecule has 0 spiro atoms. The number of nitrogens with one attached hydrogen (secondary N) is 1. The van der Waals surface area contributed by atoms with Gasteiger partial charge < -0.3 is 5.11 Å². The molecule has 0 aliphatic heterocycles. The maximum Gasteiger partial charge on any atom is 0.279 e.